The number of rotatable bonds is 5. The highest BCUT2D eigenvalue weighted by Gasteiger charge is 2.09. The van der Waals surface area contributed by atoms with Gasteiger partial charge in [0.25, 0.3) is 0 Å². The molecule has 0 aliphatic rings. The number of sulfonamides is 1. The van der Waals surface area contributed by atoms with Gasteiger partial charge in [-0.3, -0.25) is 4.79 Å². The molecule has 0 spiro atoms. The lowest BCUT2D eigenvalue weighted by Crippen LogP contribution is -2.09. The first-order chi connectivity index (χ1) is 7.93. The highest BCUT2D eigenvalue weighted by Crippen LogP contribution is 2.21. The van der Waals surface area contributed by atoms with E-state index < -0.39 is 10.0 Å². The van der Waals surface area contributed by atoms with E-state index in [1.807, 2.05) is 0 Å². The molecule has 1 heterocycles. The van der Waals surface area contributed by atoms with Crippen molar-refractivity contribution in [2.24, 2.45) is 5.14 Å². The molecule has 0 saturated carbocycles. The minimum Gasteiger partial charge on any atom is -0.466 e. The molecule has 0 aliphatic carbocycles. The Morgan fingerprint density at radius 2 is 2.24 bits per heavy atom. The molecule has 0 amide bonds. The van der Waals surface area contributed by atoms with Crippen LogP contribution < -0.4 is 5.14 Å². The van der Waals surface area contributed by atoms with Crippen LogP contribution in [0.2, 0.25) is 0 Å². The summed E-state index contributed by atoms with van der Waals surface area (Å²) in [4.78, 5) is 11.7. The summed E-state index contributed by atoms with van der Waals surface area (Å²) >= 11 is 1.05. The van der Waals surface area contributed by atoms with Crippen LogP contribution in [0.3, 0.4) is 0 Å². The quantitative estimate of drug-likeness (QED) is 0.822. The number of carbonyl (C=O) groups is 1. The largest absolute Gasteiger partial charge is 0.466 e. The molecular weight excluding hydrogens is 262 g/mol. The zero-order valence-corrected chi connectivity index (χ0v) is 10.9. The van der Waals surface area contributed by atoms with Gasteiger partial charge in [-0.15, -0.1) is 11.3 Å². The van der Waals surface area contributed by atoms with Gasteiger partial charge in [-0.25, -0.2) is 13.6 Å². The number of hydrogen-bond acceptors (Lipinski definition) is 5. The molecule has 0 unspecified atom stereocenters. The zero-order chi connectivity index (χ0) is 12.9. The number of thiophene rings is 1. The van der Waals surface area contributed by atoms with Crippen molar-refractivity contribution in [3.05, 3.63) is 23.1 Å². The van der Waals surface area contributed by atoms with E-state index in [1.165, 1.54) is 6.07 Å². The van der Waals surface area contributed by atoms with Gasteiger partial charge in [-0.05, 0) is 25.1 Å². The van der Waals surface area contributed by atoms with Gasteiger partial charge in [0.1, 0.15) is 4.21 Å². The van der Waals surface area contributed by atoms with Crippen LogP contribution in [0.25, 0.3) is 6.08 Å². The third kappa shape index (κ3) is 4.68. The Balaban J connectivity index is 2.61. The molecule has 7 heteroatoms. The summed E-state index contributed by atoms with van der Waals surface area (Å²) in [7, 11) is -3.64. The third-order valence-electron chi connectivity index (χ3n) is 1.75. The highest BCUT2D eigenvalue weighted by molar-refractivity contribution is 7.91. The minimum absolute atomic E-state index is 0.105. The second-order valence-corrected chi connectivity index (χ2v) is 6.02. The van der Waals surface area contributed by atoms with Gasteiger partial charge < -0.3 is 4.74 Å². The smallest absolute Gasteiger partial charge is 0.309 e. The first-order valence-electron chi connectivity index (χ1n) is 4.88. The van der Waals surface area contributed by atoms with E-state index in [4.69, 9.17) is 9.88 Å². The van der Waals surface area contributed by atoms with E-state index in [9.17, 15) is 13.2 Å². The Bertz CT molecular complexity index is 516. The number of hydrogen-bond donors (Lipinski definition) is 1. The van der Waals surface area contributed by atoms with Crippen molar-refractivity contribution in [2.75, 3.05) is 6.61 Å². The SMILES string of the molecule is CCOC(=O)CC=Cc1ccc(S(N)(=O)=O)s1. The van der Waals surface area contributed by atoms with E-state index in [2.05, 4.69) is 0 Å². The Hall–Kier alpha value is -1.18. The Morgan fingerprint density at radius 1 is 1.53 bits per heavy atom. The molecule has 5 nitrogen and oxygen atoms in total. The summed E-state index contributed by atoms with van der Waals surface area (Å²) in [6, 6.07) is 3.07. The Labute approximate surface area is 104 Å². The van der Waals surface area contributed by atoms with Crippen LogP contribution in [0, 0.1) is 0 Å². The first kappa shape index (κ1) is 13.9. The number of nitrogens with two attached hydrogens (primary N) is 1. The average Bonchev–Trinajstić information content (AvgIpc) is 2.66. The molecule has 1 aromatic heterocycles. The summed E-state index contributed by atoms with van der Waals surface area (Å²) in [5, 5.41) is 4.97. The number of primary sulfonamides is 1. The lowest BCUT2D eigenvalue weighted by molar-refractivity contribution is -0.142. The van der Waals surface area contributed by atoms with Crippen molar-refractivity contribution in [1.29, 1.82) is 0 Å². The normalized spacial score (nSPS) is 11.9. The van der Waals surface area contributed by atoms with Gasteiger partial charge >= 0.3 is 5.97 Å². The Morgan fingerprint density at radius 3 is 2.76 bits per heavy atom. The van der Waals surface area contributed by atoms with Crippen LogP contribution in [-0.2, 0) is 19.6 Å². The van der Waals surface area contributed by atoms with Gasteiger partial charge in [-0.1, -0.05) is 6.08 Å². The van der Waals surface area contributed by atoms with Crippen molar-refractivity contribution in [3.63, 3.8) is 0 Å². The summed E-state index contributed by atoms with van der Waals surface area (Å²) in [5.74, 6) is -0.313. The molecule has 0 atom stereocenters. The summed E-state index contributed by atoms with van der Waals surface area (Å²) in [6.07, 6.45) is 3.45. The van der Waals surface area contributed by atoms with Crippen LogP contribution in [0.4, 0.5) is 0 Å². The summed E-state index contributed by atoms with van der Waals surface area (Å²) in [6.45, 7) is 2.08. The zero-order valence-electron chi connectivity index (χ0n) is 9.25. The van der Waals surface area contributed by atoms with Crippen molar-refractivity contribution in [1.82, 2.24) is 0 Å². The monoisotopic (exact) mass is 275 g/mol. The van der Waals surface area contributed by atoms with E-state index in [0.717, 1.165) is 16.2 Å². The molecule has 0 fully saturated rings. The summed E-state index contributed by atoms with van der Waals surface area (Å²) in [5.41, 5.74) is 0. The Kier molecular flexibility index (Phi) is 4.86. The van der Waals surface area contributed by atoms with Crippen LogP contribution in [0.15, 0.2) is 22.4 Å². The van der Waals surface area contributed by atoms with Crippen molar-refractivity contribution < 1.29 is 17.9 Å². The van der Waals surface area contributed by atoms with Gasteiger partial charge in [0.15, 0.2) is 0 Å². The molecule has 94 valence electrons. The maximum absolute atomic E-state index is 11.0. The van der Waals surface area contributed by atoms with Gasteiger partial charge in [0.05, 0.1) is 13.0 Å². The lowest BCUT2D eigenvalue weighted by atomic mass is 10.3. The number of ether oxygens (including phenoxy) is 1. The van der Waals surface area contributed by atoms with Crippen LogP contribution in [0.5, 0.6) is 0 Å². The van der Waals surface area contributed by atoms with Crippen molar-refractivity contribution >= 4 is 33.4 Å². The minimum atomic E-state index is -3.64. The van der Waals surface area contributed by atoms with E-state index in [1.54, 1.807) is 25.1 Å². The van der Waals surface area contributed by atoms with Gasteiger partial charge in [0, 0.05) is 4.88 Å². The van der Waals surface area contributed by atoms with E-state index in [-0.39, 0.29) is 16.6 Å². The molecule has 0 aliphatic heterocycles. The fourth-order valence-electron chi connectivity index (χ4n) is 1.07. The maximum atomic E-state index is 11.0. The van der Waals surface area contributed by atoms with E-state index in [0.29, 0.717) is 6.61 Å². The van der Waals surface area contributed by atoms with Gasteiger partial charge in [-0.2, -0.15) is 0 Å². The second-order valence-electron chi connectivity index (χ2n) is 3.11. The first-order valence-corrected chi connectivity index (χ1v) is 7.24. The fourth-order valence-corrected chi connectivity index (χ4v) is 2.75. The standard InChI is InChI=1S/C10H13NO4S2/c1-2-15-9(12)5-3-4-8-6-7-10(16-8)17(11,13)14/h3-4,6-7H,2,5H2,1H3,(H2,11,13,14). The van der Waals surface area contributed by atoms with Crippen LogP contribution >= 0.6 is 11.3 Å². The van der Waals surface area contributed by atoms with Crippen molar-refractivity contribution in [3.8, 4) is 0 Å². The number of esters is 1. The topological polar surface area (TPSA) is 86.5 Å². The second kappa shape index (κ2) is 5.95. The average molecular weight is 275 g/mol. The fraction of sp³-hybridized carbons (Fsp3) is 0.300. The number of carbonyl (C=O) groups excluding carboxylic acids is 1. The summed E-state index contributed by atoms with van der Waals surface area (Å²) < 4.78 is 26.8. The molecule has 0 aromatic carbocycles. The lowest BCUT2D eigenvalue weighted by Gasteiger charge is -1.95. The molecular formula is C10H13NO4S2. The molecule has 2 N–H and O–H groups in total. The molecule has 1 rings (SSSR count). The van der Waals surface area contributed by atoms with Gasteiger partial charge in [0.2, 0.25) is 10.0 Å². The predicted octanol–water partition coefficient (Wildman–Crippen LogP) is 1.36. The molecule has 0 bridgehead atoms. The highest BCUT2D eigenvalue weighted by atomic mass is 32.2. The van der Waals surface area contributed by atoms with Crippen molar-refractivity contribution in [2.45, 2.75) is 17.6 Å². The molecule has 17 heavy (non-hydrogen) atoms. The third-order valence-corrected chi connectivity index (χ3v) is 4.24. The van der Waals surface area contributed by atoms with Crippen LogP contribution in [0.1, 0.15) is 18.2 Å². The molecule has 0 radical (unpaired) electrons. The maximum Gasteiger partial charge on any atom is 0.309 e. The van der Waals surface area contributed by atoms with E-state index >= 15 is 0 Å². The molecule has 0 saturated heterocycles. The molecule has 1 aromatic rings. The predicted molar refractivity (Wildman–Crippen MR) is 66.0 cm³/mol. The van der Waals surface area contributed by atoms with Crippen LogP contribution in [-0.4, -0.2) is 21.0 Å².